The van der Waals surface area contributed by atoms with E-state index in [0.717, 1.165) is 24.8 Å². The van der Waals surface area contributed by atoms with E-state index in [1.807, 2.05) is 6.07 Å². The van der Waals surface area contributed by atoms with Gasteiger partial charge in [0, 0.05) is 37.1 Å². The number of benzene rings is 1. The number of aliphatic hydroxyl groups excluding tert-OH is 3. The Balaban J connectivity index is 1.50. The number of aryl methyl sites for hydroxylation is 1. The molecule has 0 unspecified atom stereocenters. The van der Waals surface area contributed by atoms with Crippen molar-refractivity contribution < 1.29 is 58.6 Å². The number of hydrogen-bond acceptors (Lipinski definition) is 11. The van der Waals surface area contributed by atoms with E-state index < -0.39 is 48.1 Å². The van der Waals surface area contributed by atoms with Crippen LogP contribution in [0.4, 0.5) is 0 Å². The highest BCUT2D eigenvalue weighted by Crippen LogP contribution is 2.29. The number of unbranched alkanes of at least 4 members (excludes halogenated alkanes) is 4. The second-order valence-corrected chi connectivity index (χ2v) is 12.7. The molecule has 2 heterocycles. The van der Waals surface area contributed by atoms with Gasteiger partial charge in [0.1, 0.15) is 36.5 Å². The van der Waals surface area contributed by atoms with Crippen LogP contribution < -0.4 is 4.74 Å². The fraction of sp³-hybridized carbons (Fsp3) is 0.606. The van der Waals surface area contributed by atoms with Crippen LogP contribution in [0.5, 0.6) is 5.75 Å². The Morgan fingerprint density at radius 1 is 0.870 bits per heavy atom. The number of carboxylic acids is 1. The molecule has 4 N–H and O–H groups in total. The lowest BCUT2D eigenvalue weighted by atomic mass is 9.97. The molecule has 1 aromatic carbocycles. The minimum atomic E-state index is -1.87. The first-order chi connectivity index (χ1) is 21.7. The zero-order valence-electron chi connectivity index (χ0n) is 26.6. The number of Topliss-reactive ketones (excluding diaryl/α,β-unsaturated/α-hetero) is 1. The van der Waals surface area contributed by atoms with Crippen molar-refractivity contribution in [2.24, 2.45) is 5.41 Å². The molecule has 5 atom stereocenters. The Bertz CT molecular complexity index is 1270. The maximum absolute atomic E-state index is 12.4. The van der Waals surface area contributed by atoms with E-state index >= 15 is 0 Å². The van der Waals surface area contributed by atoms with Crippen molar-refractivity contribution in [1.82, 2.24) is 4.90 Å². The molecule has 3 rings (SSSR count). The van der Waals surface area contributed by atoms with Gasteiger partial charge in [0.2, 0.25) is 6.29 Å². The van der Waals surface area contributed by atoms with E-state index in [1.54, 1.807) is 32.9 Å². The molecule has 0 aromatic heterocycles. The Morgan fingerprint density at radius 3 is 2.11 bits per heavy atom. The van der Waals surface area contributed by atoms with Crippen LogP contribution in [-0.2, 0) is 46.5 Å². The van der Waals surface area contributed by atoms with Crippen molar-refractivity contribution in [2.45, 2.75) is 116 Å². The first-order valence-corrected chi connectivity index (χ1v) is 15.6. The first kappa shape index (κ1) is 36.8. The summed E-state index contributed by atoms with van der Waals surface area (Å²) < 4.78 is 16.5. The van der Waals surface area contributed by atoms with Crippen LogP contribution in [0, 0.1) is 5.41 Å². The number of ketones is 1. The lowest BCUT2D eigenvalue weighted by molar-refractivity contribution is -0.271. The highest BCUT2D eigenvalue weighted by atomic mass is 16.7. The number of amides is 2. The summed E-state index contributed by atoms with van der Waals surface area (Å²) in [6, 6.07) is 5.17. The van der Waals surface area contributed by atoms with Crippen LogP contribution in [0.25, 0.3) is 0 Å². The van der Waals surface area contributed by atoms with Crippen molar-refractivity contribution in [3.8, 4) is 5.75 Å². The second kappa shape index (κ2) is 16.8. The number of hydrogen-bond donors (Lipinski definition) is 4. The number of carbonyl (C=O) groups excluding carboxylic acids is 4. The quantitative estimate of drug-likeness (QED) is 0.109. The van der Waals surface area contributed by atoms with E-state index in [2.05, 4.69) is 0 Å². The summed E-state index contributed by atoms with van der Waals surface area (Å²) in [5, 5.41) is 40.0. The molecular formula is C33H45NO12. The zero-order valence-corrected chi connectivity index (χ0v) is 26.6. The summed E-state index contributed by atoms with van der Waals surface area (Å²) in [5.74, 6) is -2.27. The molecule has 0 bridgehead atoms. The summed E-state index contributed by atoms with van der Waals surface area (Å²) >= 11 is 0. The number of ether oxygens (including phenoxy) is 3. The third-order valence-corrected chi connectivity index (χ3v) is 7.82. The molecule has 13 heteroatoms. The van der Waals surface area contributed by atoms with E-state index in [4.69, 9.17) is 14.2 Å². The lowest BCUT2D eigenvalue weighted by Crippen LogP contribution is -2.61. The lowest BCUT2D eigenvalue weighted by Gasteiger charge is -2.38. The number of nitrogens with zero attached hydrogens (tertiary/aromatic N) is 1. The van der Waals surface area contributed by atoms with Gasteiger partial charge < -0.3 is 34.6 Å². The molecule has 254 valence electrons. The smallest absolute Gasteiger partial charge is 0.335 e. The van der Waals surface area contributed by atoms with Gasteiger partial charge in [-0.15, -0.1) is 0 Å². The molecule has 2 aliphatic heterocycles. The fourth-order valence-electron chi connectivity index (χ4n) is 4.99. The molecule has 0 saturated carbocycles. The third kappa shape index (κ3) is 10.4. The minimum absolute atomic E-state index is 0.154. The molecule has 46 heavy (non-hydrogen) atoms. The van der Waals surface area contributed by atoms with Gasteiger partial charge >= 0.3 is 11.9 Å². The highest BCUT2D eigenvalue weighted by molar-refractivity contribution is 6.12. The highest BCUT2D eigenvalue weighted by Gasteiger charge is 2.48. The summed E-state index contributed by atoms with van der Waals surface area (Å²) in [6.07, 6.45) is -0.523. The van der Waals surface area contributed by atoms with Crippen LogP contribution >= 0.6 is 0 Å². The Labute approximate surface area is 268 Å². The van der Waals surface area contributed by atoms with Crippen molar-refractivity contribution in [3.63, 3.8) is 0 Å². The number of carboxylic acid groups (broad SMARTS) is 1. The summed E-state index contributed by atoms with van der Waals surface area (Å²) in [5.41, 5.74) is 0.498. The van der Waals surface area contributed by atoms with E-state index in [9.17, 15) is 44.4 Å². The molecule has 0 aliphatic carbocycles. The van der Waals surface area contributed by atoms with Gasteiger partial charge in [0.25, 0.3) is 11.8 Å². The number of aliphatic carboxylic acids is 1. The average molecular weight is 648 g/mol. The molecule has 13 nitrogen and oxygen atoms in total. The average Bonchev–Trinajstić information content (AvgIpc) is 3.31. The predicted molar refractivity (Wildman–Crippen MR) is 162 cm³/mol. The number of rotatable bonds is 17. The van der Waals surface area contributed by atoms with Crippen LogP contribution in [0.1, 0.15) is 83.3 Å². The molecule has 2 amide bonds. The van der Waals surface area contributed by atoms with Crippen molar-refractivity contribution in [1.29, 1.82) is 0 Å². The molecule has 1 fully saturated rings. The molecule has 0 radical (unpaired) electrons. The van der Waals surface area contributed by atoms with Crippen LogP contribution in [-0.4, -0.2) is 92.1 Å². The fourth-order valence-corrected chi connectivity index (χ4v) is 4.99. The van der Waals surface area contributed by atoms with Crippen LogP contribution in [0.15, 0.2) is 30.4 Å². The van der Waals surface area contributed by atoms with Gasteiger partial charge in [-0.05, 0) is 64.5 Å². The number of carbonyl (C=O) groups is 5. The van der Waals surface area contributed by atoms with Gasteiger partial charge in [0.05, 0.1) is 5.41 Å². The van der Waals surface area contributed by atoms with E-state index in [0.29, 0.717) is 50.6 Å². The Hall–Kier alpha value is -3.65. The topological polar surface area (TPSA) is 197 Å². The first-order valence-electron chi connectivity index (χ1n) is 15.6. The predicted octanol–water partition coefficient (Wildman–Crippen LogP) is 2.20. The monoisotopic (exact) mass is 647 g/mol. The van der Waals surface area contributed by atoms with Crippen LogP contribution in [0.2, 0.25) is 0 Å². The number of aliphatic hydroxyl groups is 3. The van der Waals surface area contributed by atoms with Gasteiger partial charge in [-0.25, -0.2) is 4.79 Å². The molecule has 2 aliphatic rings. The van der Waals surface area contributed by atoms with Gasteiger partial charge in [-0.1, -0.05) is 25.0 Å². The van der Waals surface area contributed by atoms with E-state index in [1.165, 1.54) is 17.1 Å². The van der Waals surface area contributed by atoms with Crippen molar-refractivity contribution in [2.75, 3.05) is 6.54 Å². The summed E-state index contributed by atoms with van der Waals surface area (Å²) in [6.45, 7) is 5.30. The standard InChI is InChI=1S/C33H45NO12/c1-33(2,3)32(43)44-19-21-14-13-20(18-23(21)45-31-28(40)26(38)27(39)29(46-31)30(41)42)10-6-4-7-11-22(35)12-8-5-9-17-34-24(36)15-16-25(34)37/h13-16,18,26-29,31,38-40H,4-12,17,19H2,1-3H3,(H,41,42)/t26-,27-,28+,29-,31+/m0/s1. The van der Waals surface area contributed by atoms with Gasteiger partial charge in [0.15, 0.2) is 6.10 Å². The van der Waals surface area contributed by atoms with Gasteiger partial charge in [-0.2, -0.15) is 0 Å². The minimum Gasteiger partial charge on any atom is -0.479 e. The Kier molecular flexibility index (Phi) is 13.4. The Morgan fingerprint density at radius 2 is 1.50 bits per heavy atom. The van der Waals surface area contributed by atoms with E-state index in [-0.39, 0.29) is 30.0 Å². The molecule has 1 saturated heterocycles. The maximum Gasteiger partial charge on any atom is 0.335 e. The van der Waals surface area contributed by atoms with Gasteiger partial charge in [-0.3, -0.25) is 24.1 Å². The number of imide groups is 1. The SMILES string of the molecule is CC(C)(C)C(=O)OCc1ccc(CCCCCC(=O)CCCCCN2C(=O)C=CC2=O)cc1O[C@@H]1O[C@H](C(=O)O)[C@@H](O)[C@H](O)[C@H]1O. The largest absolute Gasteiger partial charge is 0.479 e. The normalized spacial score (nSPS) is 23.1. The van der Waals surface area contributed by atoms with Crippen molar-refractivity contribution >= 4 is 29.5 Å². The molecule has 0 spiro atoms. The maximum atomic E-state index is 12.4. The molecule has 1 aromatic rings. The van der Waals surface area contributed by atoms with Crippen molar-refractivity contribution in [3.05, 3.63) is 41.5 Å². The second-order valence-electron chi connectivity index (χ2n) is 12.7. The zero-order chi connectivity index (χ0) is 34.0. The molecular weight excluding hydrogens is 602 g/mol. The summed E-state index contributed by atoms with van der Waals surface area (Å²) in [7, 11) is 0. The van der Waals surface area contributed by atoms with Crippen LogP contribution in [0.3, 0.4) is 0 Å². The third-order valence-electron chi connectivity index (χ3n) is 7.82. The number of esters is 1. The summed E-state index contributed by atoms with van der Waals surface area (Å²) in [4.78, 5) is 60.5.